The third kappa shape index (κ3) is 4.91. The molecule has 1 N–H and O–H groups in total. The number of hydrogen-bond acceptors (Lipinski definition) is 3. The van der Waals surface area contributed by atoms with E-state index in [0.29, 0.717) is 28.9 Å². The third-order valence-electron chi connectivity index (χ3n) is 5.67. The minimum atomic E-state index is -5.04. The standard InChI is InChI=1S/C25H13F8N5/c26-17-2-1-3-18(27)22(17)23-34-20-8-9-38(12-21(20)35-23)11-14-5-7-19(37-36-14)15-6-4-13(24(28,29)30)10-16(15)25(31,32)33/h1-10,12H,11H2/p+1. The Morgan fingerprint density at radius 2 is 1.55 bits per heavy atom. The lowest BCUT2D eigenvalue weighted by Gasteiger charge is -2.15. The van der Waals surface area contributed by atoms with Crippen LogP contribution in [0.1, 0.15) is 16.8 Å². The molecule has 0 aliphatic heterocycles. The van der Waals surface area contributed by atoms with Gasteiger partial charge in [0.25, 0.3) is 0 Å². The molecular weight excluding hydrogens is 522 g/mol. The van der Waals surface area contributed by atoms with Crippen molar-refractivity contribution in [3.05, 3.63) is 95.4 Å². The fraction of sp³-hybridized carbons (Fsp3) is 0.120. The maximum atomic E-state index is 14.1. The summed E-state index contributed by atoms with van der Waals surface area (Å²) in [6, 6.07) is 8.98. The van der Waals surface area contributed by atoms with Crippen LogP contribution in [-0.4, -0.2) is 20.2 Å². The number of benzene rings is 2. The van der Waals surface area contributed by atoms with E-state index in [1.54, 1.807) is 23.0 Å². The van der Waals surface area contributed by atoms with Crippen LogP contribution in [0.25, 0.3) is 33.7 Å². The SMILES string of the molecule is Fc1cccc(F)c1-c1nc2cc[n+](Cc3ccc(-c4ccc(C(F)(F)F)cc4C(F)(F)F)nn3)cc2[nH]1. The van der Waals surface area contributed by atoms with Gasteiger partial charge in [0, 0.05) is 11.6 Å². The number of hydrogen-bond donors (Lipinski definition) is 1. The molecule has 5 aromatic rings. The molecule has 0 saturated heterocycles. The number of nitrogens with one attached hydrogen (secondary N) is 1. The van der Waals surface area contributed by atoms with Crippen LogP contribution in [0, 0.1) is 11.6 Å². The highest BCUT2D eigenvalue weighted by atomic mass is 19.4. The van der Waals surface area contributed by atoms with Gasteiger partial charge in [0.1, 0.15) is 34.2 Å². The molecule has 0 bridgehead atoms. The van der Waals surface area contributed by atoms with Gasteiger partial charge in [-0.05, 0) is 36.4 Å². The van der Waals surface area contributed by atoms with Crippen LogP contribution >= 0.6 is 0 Å². The van der Waals surface area contributed by atoms with Gasteiger partial charge in [-0.2, -0.15) is 36.0 Å². The highest BCUT2D eigenvalue weighted by Gasteiger charge is 2.38. The molecule has 0 aliphatic carbocycles. The number of H-pyrrole nitrogens is 1. The van der Waals surface area contributed by atoms with Crippen molar-refractivity contribution in [3.63, 3.8) is 0 Å². The van der Waals surface area contributed by atoms with Gasteiger partial charge < -0.3 is 4.98 Å². The van der Waals surface area contributed by atoms with E-state index in [0.717, 1.165) is 12.1 Å². The Kier molecular flexibility index (Phi) is 6.08. The summed E-state index contributed by atoms with van der Waals surface area (Å²) in [5.74, 6) is -1.57. The summed E-state index contributed by atoms with van der Waals surface area (Å²) in [7, 11) is 0. The molecule has 5 rings (SSSR count). The van der Waals surface area contributed by atoms with Crippen LogP contribution in [0.15, 0.2) is 67.0 Å². The number of imidazole rings is 1. The zero-order valence-corrected chi connectivity index (χ0v) is 18.9. The molecule has 0 amide bonds. The van der Waals surface area contributed by atoms with Crippen molar-refractivity contribution in [2.75, 3.05) is 0 Å². The van der Waals surface area contributed by atoms with Crippen LogP contribution in [0.5, 0.6) is 0 Å². The Morgan fingerprint density at radius 1 is 0.816 bits per heavy atom. The molecule has 3 heterocycles. The van der Waals surface area contributed by atoms with Crippen molar-refractivity contribution >= 4 is 11.0 Å². The summed E-state index contributed by atoms with van der Waals surface area (Å²) in [5, 5.41) is 7.70. The summed E-state index contributed by atoms with van der Waals surface area (Å²) in [6.45, 7) is 0.116. The van der Waals surface area contributed by atoms with E-state index >= 15 is 0 Å². The average molecular weight is 536 g/mol. The molecule has 0 saturated carbocycles. The Bertz CT molecular complexity index is 1620. The van der Waals surface area contributed by atoms with Crippen molar-refractivity contribution in [1.29, 1.82) is 0 Å². The van der Waals surface area contributed by atoms with Gasteiger partial charge in [-0.25, -0.2) is 13.8 Å². The van der Waals surface area contributed by atoms with E-state index in [1.807, 2.05) is 0 Å². The molecule has 194 valence electrons. The highest BCUT2D eigenvalue weighted by Crippen LogP contribution is 2.40. The predicted molar refractivity (Wildman–Crippen MR) is 118 cm³/mol. The first-order valence-corrected chi connectivity index (χ1v) is 10.8. The molecule has 5 nitrogen and oxygen atoms in total. The second-order valence-corrected chi connectivity index (χ2v) is 8.26. The molecule has 38 heavy (non-hydrogen) atoms. The van der Waals surface area contributed by atoms with E-state index in [4.69, 9.17) is 0 Å². The molecule has 0 spiro atoms. The van der Waals surface area contributed by atoms with Crippen LogP contribution in [0.3, 0.4) is 0 Å². The molecular formula is C25H14F8N5+. The van der Waals surface area contributed by atoms with Crippen LogP contribution in [0.2, 0.25) is 0 Å². The Labute approximate surface area is 208 Å². The summed E-state index contributed by atoms with van der Waals surface area (Å²) in [4.78, 5) is 7.06. The van der Waals surface area contributed by atoms with E-state index in [9.17, 15) is 35.1 Å². The minimum absolute atomic E-state index is 0.00509. The van der Waals surface area contributed by atoms with Gasteiger partial charge in [0.05, 0.1) is 22.4 Å². The molecule has 0 atom stereocenters. The summed E-state index contributed by atoms with van der Waals surface area (Å²) >= 11 is 0. The molecule has 0 unspecified atom stereocenters. The zero-order valence-electron chi connectivity index (χ0n) is 18.9. The number of nitrogens with zero attached hydrogens (tertiary/aromatic N) is 4. The fourth-order valence-corrected chi connectivity index (χ4v) is 3.90. The van der Waals surface area contributed by atoms with Crippen molar-refractivity contribution in [3.8, 4) is 22.6 Å². The molecule has 0 fully saturated rings. The van der Waals surface area contributed by atoms with E-state index in [2.05, 4.69) is 20.2 Å². The lowest BCUT2D eigenvalue weighted by molar-refractivity contribution is -0.687. The molecule has 0 aliphatic rings. The van der Waals surface area contributed by atoms with Crippen LogP contribution in [-0.2, 0) is 18.9 Å². The second-order valence-electron chi connectivity index (χ2n) is 8.26. The molecule has 13 heteroatoms. The number of aromatic nitrogens is 5. The van der Waals surface area contributed by atoms with E-state index in [-0.39, 0.29) is 29.7 Å². The summed E-state index contributed by atoms with van der Waals surface area (Å²) < 4.78 is 109. The first-order valence-electron chi connectivity index (χ1n) is 10.8. The normalized spacial score (nSPS) is 12.3. The fourth-order valence-electron chi connectivity index (χ4n) is 3.90. The number of pyridine rings is 1. The predicted octanol–water partition coefficient (Wildman–Crippen LogP) is 6.34. The lowest BCUT2D eigenvalue weighted by atomic mass is 10.00. The smallest absolute Gasteiger partial charge is 0.333 e. The van der Waals surface area contributed by atoms with Gasteiger partial charge in [-0.3, -0.25) is 0 Å². The third-order valence-corrected chi connectivity index (χ3v) is 5.67. The monoisotopic (exact) mass is 536 g/mol. The number of alkyl halides is 6. The number of rotatable bonds is 4. The first kappa shape index (κ1) is 25.2. The van der Waals surface area contributed by atoms with Crippen molar-refractivity contribution < 1.29 is 39.7 Å². The number of halogens is 8. The van der Waals surface area contributed by atoms with Gasteiger partial charge in [0.15, 0.2) is 18.9 Å². The lowest BCUT2D eigenvalue weighted by Crippen LogP contribution is -2.33. The largest absolute Gasteiger partial charge is 0.417 e. The van der Waals surface area contributed by atoms with Gasteiger partial charge in [-0.1, -0.05) is 12.1 Å². The average Bonchev–Trinajstić information content (AvgIpc) is 3.26. The second kappa shape index (κ2) is 9.15. The Balaban J connectivity index is 1.42. The maximum absolute atomic E-state index is 14.1. The Morgan fingerprint density at radius 3 is 2.18 bits per heavy atom. The highest BCUT2D eigenvalue weighted by molar-refractivity contribution is 5.77. The first-order chi connectivity index (χ1) is 17.9. The topological polar surface area (TPSA) is 58.3 Å². The minimum Gasteiger partial charge on any atom is -0.333 e. The van der Waals surface area contributed by atoms with E-state index in [1.165, 1.54) is 18.2 Å². The maximum Gasteiger partial charge on any atom is 0.417 e. The molecule has 0 radical (unpaired) electrons. The van der Waals surface area contributed by atoms with E-state index < -0.39 is 40.7 Å². The van der Waals surface area contributed by atoms with Crippen molar-refractivity contribution in [2.24, 2.45) is 0 Å². The van der Waals surface area contributed by atoms with Gasteiger partial charge >= 0.3 is 12.4 Å². The van der Waals surface area contributed by atoms with Crippen molar-refractivity contribution in [1.82, 2.24) is 20.2 Å². The quantitative estimate of drug-likeness (QED) is 0.216. The van der Waals surface area contributed by atoms with Crippen LogP contribution in [0.4, 0.5) is 35.1 Å². The van der Waals surface area contributed by atoms with Gasteiger partial charge in [0.2, 0.25) is 0 Å². The summed E-state index contributed by atoms with van der Waals surface area (Å²) in [6.07, 6.45) is -6.78. The number of fused-ring (bicyclic) bond motifs is 1. The molecule has 2 aromatic carbocycles. The number of aromatic amines is 1. The summed E-state index contributed by atoms with van der Waals surface area (Å²) in [5.41, 5.74) is -2.78. The van der Waals surface area contributed by atoms with Crippen LogP contribution < -0.4 is 4.57 Å². The van der Waals surface area contributed by atoms with Gasteiger partial charge in [-0.15, -0.1) is 5.10 Å². The van der Waals surface area contributed by atoms with Crippen molar-refractivity contribution in [2.45, 2.75) is 18.9 Å². The zero-order chi connectivity index (χ0) is 27.2. The Hall–Kier alpha value is -4.42. The molecule has 3 aromatic heterocycles.